The fourth-order valence-corrected chi connectivity index (χ4v) is 2.51. The fourth-order valence-electron chi connectivity index (χ4n) is 2.32. The van der Waals surface area contributed by atoms with Crippen LogP contribution in [0.1, 0.15) is 23.2 Å². The summed E-state index contributed by atoms with van der Waals surface area (Å²) in [5.41, 5.74) is 1.94. The standard InChI is InChI=1S/C17H16ClN3O2/c1-11(8-14-6-3-7-23-14)19-17(22)16-10-15(20-21-16)12-4-2-5-13(18)9-12/h2-7,9-11H,8H2,1H3,(H,19,22)(H,20,21)/t11-/m0/s1. The molecule has 1 amide bonds. The van der Waals surface area contributed by atoms with Crippen LogP contribution in [-0.2, 0) is 6.42 Å². The number of benzene rings is 1. The average molecular weight is 330 g/mol. The number of hydrogen-bond donors (Lipinski definition) is 2. The lowest BCUT2D eigenvalue weighted by Gasteiger charge is -2.11. The van der Waals surface area contributed by atoms with Gasteiger partial charge in [0.1, 0.15) is 11.5 Å². The van der Waals surface area contributed by atoms with Gasteiger partial charge in [-0.15, -0.1) is 0 Å². The van der Waals surface area contributed by atoms with E-state index in [2.05, 4.69) is 15.5 Å². The van der Waals surface area contributed by atoms with Crippen LogP contribution >= 0.6 is 11.6 Å². The van der Waals surface area contributed by atoms with Gasteiger partial charge in [0.15, 0.2) is 0 Å². The summed E-state index contributed by atoms with van der Waals surface area (Å²) < 4.78 is 5.28. The monoisotopic (exact) mass is 329 g/mol. The maximum Gasteiger partial charge on any atom is 0.269 e. The van der Waals surface area contributed by atoms with E-state index >= 15 is 0 Å². The highest BCUT2D eigenvalue weighted by Crippen LogP contribution is 2.21. The summed E-state index contributed by atoms with van der Waals surface area (Å²) in [6.45, 7) is 1.93. The van der Waals surface area contributed by atoms with Crippen LogP contribution in [0, 0.1) is 0 Å². The van der Waals surface area contributed by atoms with E-state index in [0.29, 0.717) is 22.8 Å². The summed E-state index contributed by atoms with van der Waals surface area (Å²) in [6.07, 6.45) is 2.25. The number of rotatable bonds is 5. The second-order valence-corrected chi connectivity index (χ2v) is 5.77. The van der Waals surface area contributed by atoms with E-state index in [1.165, 1.54) is 0 Å². The Balaban J connectivity index is 1.66. The molecule has 5 nitrogen and oxygen atoms in total. The largest absolute Gasteiger partial charge is 0.469 e. The van der Waals surface area contributed by atoms with Gasteiger partial charge in [-0.2, -0.15) is 5.10 Å². The third kappa shape index (κ3) is 3.81. The number of nitrogens with one attached hydrogen (secondary N) is 2. The van der Waals surface area contributed by atoms with Crippen molar-refractivity contribution in [2.24, 2.45) is 0 Å². The number of halogens is 1. The van der Waals surface area contributed by atoms with Gasteiger partial charge in [-0.05, 0) is 37.3 Å². The maximum absolute atomic E-state index is 12.3. The van der Waals surface area contributed by atoms with Crippen molar-refractivity contribution < 1.29 is 9.21 Å². The van der Waals surface area contributed by atoms with Gasteiger partial charge in [0.05, 0.1) is 12.0 Å². The predicted molar refractivity (Wildman–Crippen MR) is 88.4 cm³/mol. The van der Waals surface area contributed by atoms with Crippen molar-refractivity contribution in [3.8, 4) is 11.3 Å². The van der Waals surface area contributed by atoms with Gasteiger partial charge in [-0.1, -0.05) is 23.7 Å². The summed E-state index contributed by atoms with van der Waals surface area (Å²) in [4.78, 5) is 12.3. The minimum absolute atomic E-state index is 0.0495. The number of furan rings is 1. The van der Waals surface area contributed by atoms with Crippen molar-refractivity contribution in [3.63, 3.8) is 0 Å². The molecule has 0 aliphatic carbocycles. The number of aromatic amines is 1. The molecule has 118 valence electrons. The van der Waals surface area contributed by atoms with Crippen molar-refractivity contribution in [1.82, 2.24) is 15.5 Å². The highest BCUT2D eigenvalue weighted by Gasteiger charge is 2.14. The number of aromatic nitrogens is 2. The lowest BCUT2D eigenvalue weighted by molar-refractivity contribution is 0.0934. The first-order valence-electron chi connectivity index (χ1n) is 7.26. The van der Waals surface area contributed by atoms with Gasteiger partial charge in [-0.3, -0.25) is 9.89 Å². The summed E-state index contributed by atoms with van der Waals surface area (Å²) in [6, 6.07) is 12.7. The highest BCUT2D eigenvalue weighted by molar-refractivity contribution is 6.30. The molecule has 0 spiro atoms. The molecule has 0 unspecified atom stereocenters. The molecule has 0 aliphatic rings. The van der Waals surface area contributed by atoms with Crippen molar-refractivity contribution >= 4 is 17.5 Å². The first-order chi connectivity index (χ1) is 11.1. The number of amides is 1. The van der Waals surface area contributed by atoms with Crippen molar-refractivity contribution in [2.75, 3.05) is 0 Å². The summed E-state index contributed by atoms with van der Waals surface area (Å²) in [7, 11) is 0. The second-order valence-electron chi connectivity index (χ2n) is 5.34. The predicted octanol–water partition coefficient (Wildman–Crippen LogP) is 3.68. The maximum atomic E-state index is 12.3. The first-order valence-corrected chi connectivity index (χ1v) is 7.64. The molecular weight excluding hydrogens is 314 g/mol. The van der Waals surface area contributed by atoms with E-state index in [9.17, 15) is 4.79 Å². The van der Waals surface area contributed by atoms with E-state index in [0.717, 1.165) is 11.3 Å². The third-order valence-electron chi connectivity index (χ3n) is 3.41. The smallest absolute Gasteiger partial charge is 0.269 e. The van der Waals surface area contributed by atoms with Crippen LogP contribution < -0.4 is 5.32 Å². The van der Waals surface area contributed by atoms with Crippen LogP contribution in [0.4, 0.5) is 0 Å². The number of carbonyl (C=O) groups is 1. The minimum atomic E-state index is -0.204. The van der Waals surface area contributed by atoms with Crippen molar-refractivity contribution in [2.45, 2.75) is 19.4 Å². The van der Waals surface area contributed by atoms with E-state index < -0.39 is 0 Å². The van der Waals surface area contributed by atoms with Gasteiger partial charge in [0.2, 0.25) is 0 Å². The molecule has 3 rings (SSSR count). The van der Waals surface area contributed by atoms with E-state index in [4.69, 9.17) is 16.0 Å². The molecule has 1 atom stereocenters. The van der Waals surface area contributed by atoms with Gasteiger partial charge < -0.3 is 9.73 Å². The second kappa shape index (κ2) is 6.71. The Labute approximate surface area is 138 Å². The van der Waals surface area contributed by atoms with Gasteiger partial charge in [0.25, 0.3) is 5.91 Å². The number of carbonyl (C=O) groups excluding carboxylic acids is 1. The Kier molecular flexibility index (Phi) is 4.48. The third-order valence-corrected chi connectivity index (χ3v) is 3.64. The van der Waals surface area contributed by atoms with Gasteiger partial charge in [0, 0.05) is 23.0 Å². The molecule has 6 heteroatoms. The summed E-state index contributed by atoms with van der Waals surface area (Å²) in [5, 5.41) is 10.5. The lowest BCUT2D eigenvalue weighted by atomic mass is 10.1. The first kappa shape index (κ1) is 15.4. The van der Waals surface area contributed by atoms with Crippen molar-refractivity contribution in [3.05, 3.63) is 65.2 Å². The molecule has 0 saturated heterocycles. The Morgan fingerprint density at radius 1 is 1.35 bits per heavy atom. The molecule has 2 N–H and O–H groups in total. The fraction of sp³-hybridized carbons (Fsp3) is 0.176. The Morgan fingerprint density at radius 3 is 2.96 bits per heavy atom. The zero-order chi connectivity index (χ0) is 16.2. The Hall–Kier alpha value is -2.53. The van der Waals surface area contributed by atoms with E-state index in [-0.39, 0.29) is 11.9 Å². The minimum Gasteiger partial charge on any atom is -0.469 e. The normalized spacial score (nSPS) is 12.1. The van der Waals surface area contributed by atoms with Crippen LogP contribution in [0.5, 0.6) is 0 Å². The van der Waals surface area contributed by atoms with E-state index in [1.54, 1.807) is 24.5 Å². The van der Waals surface area contributed by atoms with Crippen LogP contribution in [-0.4, -0.2) is 22.1 Å². The number of hydrogen-bond acceptors (Lipinski definition) is 3. The van der Waals surface area contributed by atoms with Crippen LogP contribution in [0.25, 0.3) is 11.3 Å². The van der Waals surface area contributed by atoms with Crippen LogP contribution in [0.3, 0.4) is 0 Å². The molecule has 3 aromatic rings. The molecule has 23 heavy (non-hydrogen) atoms. The lowest BCUT2D eigenvalue weighted by Crippen LogP contribution is -2.34. The molecule has 2 aromatic heterocycles. The molecule has 0 bridgehead atoms. The van der Waals surface area contributed by atoms with E-state index in [1.807, 2.05) is 31.2 Å². The van der Waals surface area contributed by atoms with Crippen LogP contribution in [0.2, 0.25) is 5.02 Å². The summed E-state index contributed by atoms with van der Waals surface area (Å²) >= 11 is 5.97. The molecule has 0 aliphatic heterocycles. The van der Waals surface area contributed by atoms with Crippen molar-refractivity contribution in [1.29, 1.82) is 0 Å². The Morgan fingerprint density at radius 2 is 2.22 bits per heavy atom. The van der Waals surface area contributed by atoms with Gasteiger partial charge >= 0.3 is 0 Å². The van der Waals surface area contributed by atoms with Gasteiger partial charge in [-0.25, -0.2) is 0 Å². The average Bonchev–Trinajstić information content (AvgIpc) is 3.18. The quantitative estimate of drug-likeness (QED) is 0.750. The highest BCUT2D eigenvalue weighted by atomic mass is 35.5. The molecule has 0 radical (unpaired) electrons. The SMILES string of the molecule is C[C@@H](Cc1ccco1)NC(=O)c1cc(-c2cccc(Cl)c2)n[nH]1. The zero-order valence-electron chi connectivity index (χ0n) is 12.5. The molecular formula is C17H16ClN3O2. The zero-order valence-corrected chi connectivity index (χ0v) is 13.3. The van der Waals surface area contributed by atoms with Crippen LogP contribution in [0.15, 0.2) is 53.1 Å². The molecule has 0 saturated carbocycles. The molecule has 0 fully saturated rings. The summed E-state index contributed by atoms with van der Waals surface area (Å²) in [5.74, 6) is 0.631. The number of H-pyrrole nitrogens is 1. The topological polar surface area (TPSA) is 70.9 Å². The molecule has 1 aromatic carbocycles. The number of nitrogens with zero attached hydrogens (tertiary/aromatic N) is 1. The Bertz CT molecular complexity index is 796. The molecule has 2 heterocycles.